The van der Waals surface area contributed by atoms with E-state index in [0.29, 0.717) is 43.3 Å². The minimum absolute atomic E-state index is 0.125. The summed E-state index contributed by atoms with van der Waals surface area (Å²) in [5.74, 6) is 0.181. The fourth-order valence-electron chi connectivity index (χ4n) is 3.62. The van der Waals surface area contributed by atoms with Gasteiger partial charge in [-0.2, -0.15) is 0 Å². The molecule has 0 atom stereocenters. The topological polar surface area (TPSA) is 76.1 Å². The van der Waals surface area contributed by atoms with Crippen molar-refractivity contribution in [2.45, 2.75) is 37.9 Å². The second kappa shape index (κ2) is 7.87. The number of likely N-dealkylation sites (tertiary alicyclic amines) is 1. The third kappa shape index (κ3) is 4.03. The molecule has 150 valence electrons. The molecule has 2 aliphatic rings. The van der Waals surface area contributed by atoms with Crippen molar-refractivity contribution in [2.24, 2.45) is 5.92 Å². The van der Waals surface area contributed by atoms with Crippen molar-refractivity contribution in [3.05, 3.63) is 28.8 Å². The van der Waals surface area contributed by atoms with Crippen LogP contribution in [0.3, 0.4) is 0 Å². The van der Waals surface area contributed by atoms with Gasteiger partial charge in [0.1, 0.15) is 0 Å². The van der Waals surface area contributed by atoms with Crippen molar-refractivity contribution in [1.29, 1.82) is 0 Å². The van der Waals surface area contributed by atoms with Crippen molar-refractivity contribution in [3.63, 3.8) is 0 Å². The zero-order valence-corrected chi connectivity index (χ0v) is 17.2. The quantitative estimate of drug-likeness (QED) is 0.775. The predicted octanol–water partition coefficient (Wildman–Crippen LogP) is 1.78. The number of benzene rings is 1. The molecule has 0 saturated carbocycles. The smallest absolute Gasteiger partial charge is 0.253 e. The summed E-state index contributed by atoms with van der Waals surface area (Å²) in [4.78, 5) is 15.0. The number of ether oxygens (including phenoxy) is 2. The van der Waals surface area contributed by atoms with Crippen LogP contribution in [0.5, 0.6) is 0 Å². The highest BCUT2D eigenvalue weighted by Crippen LogP contribution is 2.28. The molecule has 27 heavy (non-hydrogen) atoms. The highest BCUT2D eigenvalue weighted by Gasteiger charge is 2.32. The largest absolute Gasteiger partial charge is 0.350 e. The number of hydrogen-bond acceptors (Lipinski definition) is 5. The van der Waals surface area contributed by atoms with Gasteiger partial charge in [0, 0.05) is 38.7 Å². The van der Waals surface area contributed by atoms with E-state index in [0.717, 1.165) is 18.4 Å². The van der Waals surface area contributed by atoms with Crippen LogP contribution in [0.4, 0.5) is 0 Å². The van der Waals surface area contributed by atoms with Crippen molar-refractivity contribution >= 4 is 15.9 Å². The Morgan fingerprint density at radius 3 is 2.26 bits per heavy atom. The number of aryl methyl sites for hydroxylation is 1. The average molecular weight is 397 g/mol. The molecule has 0 aromatic heterocycles. The Bertz CT molecular complexity index is 808. The molecular weight excluding hydrogens is 368 g/mol. The fourth-order valence-corrected chi connectivity index (χ4v) is 4.84. The van der Waals surface area contributed by atoms with E-state index in [4.69, 9.17) is 9.47 Å². The third-order valence-electron chi connectivity index (χ3n) is 5.48. The van der Waals surface area contributed by atoms with Gasteiger partial charge in [0.25, 0.3) is 5.91 Å². The van der Waals surface area contributed by atoms with E-state index < -0.39 is 10.0 Å². The van der Waals surface area contributed by atoms with Gasteiger partial charge < -0.3 is 14.4 Å². The second-order valence-corrected chi connectivity index (χ2v) is 9.56. The summed E-state index contributed by atoms with van der Waals surface area (Å²) in [6.45, 7) is 6.12. The van der Waals surface area contributed by atoms with Crippen LogP contribution in [-0.2, 0) is 19.5 Å². The van der Waals surface area contributed by atoms with Gasteiger partial charge in [-0.15, -0.1) is 0 Å². The molecule has 1 amide bonds. The predicted molar refractivity (Wildman–Crippen MR) is 101 cm³/mol. The normalized spacial score (nSPS) is 19.8. The minimum Gasteiger partial charge on any atom is -0.350 e. The minimum atomic E-state index is -3.61. The Morgan fingerprint density at radius 2 is 1.70 bits per heavy atom. The third-order valence-corrected chi connectivity index (χ3v) is 7.43. The van der Waals surface area contributed by atoms with E-state index in [1.54, 1.807) is 17.9 Å². The van der Waals surface area contributed by atoms with E-state index in [-0.39, 0.29) is 17.1 Å². The first-order chi connectivity index (χ1) is 12.7. The van der Waals surface area contributed by atoms with Gasteiger partial charge in [0.05, 0.1) is 18.1 Å². The summed E-state index contributed by atoms with van der Waals surface area (Å²) in [6.07, 6.45) is 1.49. The number of carbonyl (C=O) groups is 1. The molecule has 2 saturated heterocycles. The number of amides is 1. The van der Waals surface area contributed by atoms with Gasteiger partial charge in [-0.25, -0.2) is 12.7 Å². The lowest BCUT2D eigenvalue weighted by Crippen LogP contribution is -2.41. The van der Waals surface area contributed by atoms with Crippen molar-refractivity contribution in [3.8, 4) is 0 Å². The van der Waals surface area contributed by atoms with Crippen LogP contribution >= 0.6 is 0 Å². The molecule has 0 bridgehead atoms. The van der Waals surface area contributed by atoms with Crippen LogP contribution in [0, 0.1) is 19.8 Å². The molecular formula is C19H28N2O5S. The van der Waals surface area contributed by atoms with Crippen LogP contribution in [0.2, 0.25) is 0 Å². The maximum atomic E-state index is 13.0. The van der Waals surface area contributed by atoms with Gasteiger partial charge in [-0.3, -0.25) is 4.79 Å². The van der Waals surface area contributed by atoms with Crippen LogP contribution in [0.1, 0.15) is 34.3 Å². The number of piperidine rings is 1. The molecule has 0 spiro atoms. The number of rotatable bonds is 4. The first-order valence-corrected chi connectivity index (χ1v) is 10.7. The maximum absolute atomic E-state index is 13.0. The summed E-state index contributed by atoms with van der Waals surface area (Å²) in [6, 6.07) is 3.29. The second-order valence-electron chi connectivity index (χ2n) is 7.44. The molecule has 7 nitrogen and oxygen atoms in total. The number of sulfonamides is 1. The van der Waals surface area contributed by atoms with Crippen molar-refractivity contribution in [2.75, 3.05) is 40.4 Å². The van der Waals surface area contributed by atoms with E-state index in [9.17, 15) is 13.2 Å². The van der Waals surface area contributed by atoms with Gasteiger partial charge in [0.2, 0.25) is 10.0 Å². The number of nitrogens with zero attached hydrogens (tertiary/aromatic N) is 2. The van der Waals surface area contributed by atoms with Gasteiger partial charge >= 0.3 is 0 Å². The Kier molecular flexibility index (Phi) is 5.90. The highest BCUT2D eigenvalue weighted by atomic mass is 32.2. The number of hydrogen-bond donors (Lipinski definition) is 0. The molecule has 1 aromatic carbocycles. The highest BCUT2D eigenvalue weighted by molar-refractivity contribution is 7.89. The monoisotopic (exact) mass is 396 g/mol. The summed E-state index contributed by atoms with van der Waals surface area (Å²) in [7, 11) is -0.614. The Hall–Kier alpha value is -1.48. The van der Waals surface area contributed by atoms with Crippen molar-refractivity contribution < 1.29 is 22.7 Å². The van der Waals surface area contributed by atoms with E-state index in [2.05, 4.69) is 0 Å². The van der Waals surface area contributed by atoms with Gasteiger partial charge in [0.15, 0.2) is 6.29 Å². The summed E-state index contributed by atoms with van der Waals surface area (Å²) in [5.41, 5.74) is 1.89. The standard InChI is InChI=1S/C19H28N2O5S/c1-13-11-16(12-17(14(13)2)27(23,24)20(3)4)18(22)21-7-5-15(6-8-21)19-25-9-10-26-19/h11-12,15,19H,5-10H2,1-4H3. The molecule has 2 aliphatic heterocycles. The molecule has 0 radical (unpaired) electrons. The average Bonchev–Trinajstić information content (AvgIpc) is 3.17. The lowest BCUT2D eigenvalue weighted by Gasteiger charge is -2.34. The van der Waals surface area contributed by atoms with Crippen molar-refractivity contribution in [1.82, 2.24) is 9.21 Å². The first kappa shape index (κ1) is 20.3. The van der Waals surface area contributed by atoms with Gasteiger partial charge in [-0.05, 0) is 49.9 Å². The van der Waals surface area contributed by atoms with E-state index in [1.165, 1.54) is 24.5 Å². The van der Waals surface area contributed by atoms with Crippen LogP contribution in [-0.4, -0.2) is 70.2 Å². The van der Waals surface area contributed by atoms with Crippen LogP contribution in [0.15, 0.2) is 17.0 Å². The Balaban J connectivity index is 1.78. The molecule has 0 unspecified atom stereocenters. The maximum Gasteiger partial charge on any atom is 0.253 e. The van der Waals surface area contributed by atoms with Crippen LogP contribution < -0.4 is 0 Å². The zero-order chi connectivity index (χ0) is 19.8. The zero-order valence-electron chi connectivity index (χ0n) is 16.4. The number of carbonyl (C=O) groups excluding carboxylic acids is 1. The molecule has 1 aromatic rings. The SMILES string of the molecule is Cc1cc(C(=O)N2CCC(C3OCCO3)CC2)cc(S(=O)(=O)N(C)C)c1C. The van der Waals surface area contributed by atoms with Crippen LogP contribution in [0.25, 0.3) is 0 Å². The summed E-state index contributed by atoms with van der Waals surface area (Å²) < 4.78 is 37.6. The Labute approximate surface area is 161 Å². The molecule has 0 aliphatic carbocycles. The molecule has 2 heterocycles. The van der Waals surface area contributed by atoms with Gasteiger partial charge in [-0.1, -0.05) is 0 Å². The molecule has 8 heteroatoms. The summed E-state index contributed by atoms with van der Waals surface area (Å²) in [5, 5.41) is 0. The van der Waals surface area contributed by atoms with E-state index in [1.807, 2.05) is 6.92 Å². The fraction of sp³-hybridized carbons (Fsp3) is 0.632. The molecule has 3 rings (SSSR count). The lowest BCUT2D eigenvalue weighted by molar-refractivity contribution is -0.0956. The van der Waals surface area contributed by atoms with E-state index >= 15 is 0 Å². The lowest BCUT2D eigenvalue weighted by atomic mass is 9.95. The molecule has 0 N–H and O–H groups in total. The first-order valence-electron chi connectivity index (χ1n) is 9.28. The Morgan fingerprint density at radius 1 is 1.11 bits per heavy atom. The molecule has 2 fully saturated rings. The summed E-state index contributed by atoms with van der Waals surface area (Å²) >= 11 is 0.